The van der Waals surface area contributed by atoms with Gasteiger partial charge in [-0.25, -0.2) is 0 Å². The van der Waals surface area contributed by atoms with Crippen LogP contribution in [0.1, 0.15) is 31.2 Å². The van der Waals surface area contributed by atoms with E-state index in [1.54, 1.807) is 6.20 Å². The van der Waals surface area contributed by atoms with Crippen LogP contribution in [-0.4, -0.2) is 30.5 Å². The first-order valence-electron chi connectivity index (χ1n) is 7.19. The van der Waals surface area contributed by atoms with Gasteiger partial charge >= 0.3 is 0 Å². The maximum absolute atomic E-state index is 12.1. The van der Waals surface area contributed by atoms with Gasteiger partial charge in [-0.05, 0) is 50.4 Å². The first-order chi connectivity index (χ1) is 9.30. The lowest BCUT2D eigenvalue weighted by atomic mass is 9.95. The van der Waals surface area contributed by atoms with Gasteiger partial charge in [-0.2, -0.15) is 0 Å². The van der Waals surface area contributed by atoms with E-state index in [9.17, 15) is 4.79 Å². The van der Waals surface area contributed by atoms with Crippen LogP contribution < -0.4 is 10.6 Å². The molecule has 1 aliphatic carbocycles. The van der Waals surface area contributed by atoms with E-state index in [4.69, 9.17) is 0 Å². The van der Waals surface area contributed by atoms with E-state index < -0.39 is 0 Å². The number of pyridine rings is 1. The van der Waals surface area contributed by atoms with Crippen molar-refractivity contribution < 1.29 is 4.79 Å². The first-order valence-corrected chi connectivity index (χ1v) is 7.19. The molecule has 1 amide bonds. The number of nitrogens with one attached hydrogen (secondary N) is 2. The zero-order valence-corrected chi connectivity index (χ0v) is 11.2. The van der Waals surface area contributed by atoms with E-state index in [2.05, 4.69) is 21.7 Å². The minimum Gasteiger partial charge on any atom is -0.355 e. The van der Waals surface area contributed by atoms with E-state index in [-0.39, 0.29) is 17.2 Å². The summed E-state index contributed by atoms with van der Waals surface area (Å²) >= 11 is 0. The topological polar surface area (TPSA) is 54.0 Å². The van der Waals surface area contributed by atoms with Gasteiger partial charge in [0.25, 0.3) is 0 Å². The Kier molecular flexibility index (Phi) is 3.51. The Morgan fingerprint density at radius 1 is 1.42 bits per heavy atom. The lowest BCUT2D eigenvalue weighted by Gasteiger charge is -2.23. The van der Waals surface area contributed by atoms with Crippen LogP contribution >= 0.6 is 0 Å². The molecular weight excluding hydrogens is 238 g/mol. The van der Waals surface area contributed by atoms with Gasteiger partial charge in [-0.3, -0.25) is 9.78 Å². The third-order valence-corrected chi connectivity index (χ3v) is 4.44. The van der Waals surface area contributed by atoms with Gasteiger partial charge in [0.15, 0.2) is 0 Å². The normalized spacial score (nSPS) is 21.9. The Hall–Kier alpha value is -1.42. The van der Waals surface area contributed by atoms with E-state index in [0.29, 0.717) is 0 Å². The molecule has 1 saturated carbocycles. The van der Waals surface area contributed by atoms with Crippen LogP contribution in [0.25, 0.3) is 0 Å². The van der Waals surface area contributed by atoms with Gasteiger partial charge in [-0.15, -0.1) is 0 Å². The van der Waals surface area contributed by atoms with Crippen molar-refractivity contribution in [3.63, 3.8) is 0 Å². The summed E-state index contributed by atoms with van der Waals surface area (Å²) in [5.74, 6) is 0.433. The fourth-order valence-corrected chi connectivity index (χ4v) is 2.88. The molecule has 4 nitrogen and oxygen atoms in total. The fraction of sp³-hybridized carbons (Fsp3) is 0.600. The summed E-state index contributed by atoms with van der Waals surface area (Å²) in [6.45, 7) is 2.69. The minimum absolute atomic E-state index is 0.164. The van der Waals surface area contributed by atoms with Gasteiger partial charge in [0.1, 0.15) is 0 Å². The maximum Gasteiger partial charge on any atom is 0.223 e. The Labute approximate surface area is 114 Å². The van der Waals surface area contributed by atoms with Crippen molar-refractivity contribution in [1.82, 2.24) is 15.6 Å². The Bertz CT molecular complexity index is 436. The molecule has 2 N–H and O–H groups in total. The van der Waals surface area contributed by atoms with Crippen LogP contribution in [0.4, 0.5) is 0 Å². The van der Waals surface area contributed by atoms with E-state index in [1.807, 2.05) is 12.3 Å². The van der Waals surface area contributed by atoms with Crippen molar-refractivity contribution in [2.24, 2.45) is 5.92 Å². The second-order valence-corrected chi connectivity index (χ2v) is 5.76. The van der Waals surface area contributed by atoms with Crippen LogP contribution in [0.3, 0.4) is 0 Å². The number of nitrogens with zero attached hydrogens (tertiary/aromatic N) is 1. The van der Waals surface area contributed by atoms with Crippen molar-refractivity contribution in [3.05, 3.63) is 30.1 Å². The SMILES string of the molecule is O=C(NCC1(c2cccnc2)CC1)C1CCNCC1. The summed E-state index contributed by atoms with van der Waals surface area (Å²) in [7, 11) is 0. The lowest BCUT2D eigenvalue weighted by Crippen LogP contribution is -2.40. The molecule has 102 valence electrons. The number of carbonyl (C=O) groups is 1. The second kappa shape index (κ2) is 5.29. The number of aromatic nitrogens is 1. The lowest BCUT2D eigenvalue weighted by molar-refractivity contribution is -0.125. The molecular formula is C15H21N3O. The second-order valence-electron chi connectivity index (χ2n) is 5.76. The average Bonchev–Trinajstić information content (AvgIpc) is 3.28. The highest BCUT2D eigenvalue weighted by atomic mass is 16.1. The first kappa shape index (κ1) is 12.6. The van der Waals surface area contributed by atoms with E-state index in [1.165, 1.54) is 5.56 Å². The molecule has 4 heteroatoms. The van der Waals surface area contributed by atoms with Crippen molar-refractivity contribution in [2.45, 2.75) is 31.1 Å². The summed E-state index contributed by atoms with van der Waals surface area (Å²) < 4.78 is 0. The average molecular weight is 259 g/mol. The molecule has 0 bridgehead atoms. The molecule has 0 radical (unpaired) electrons. The molecule has 0 aromatic carbocycles. The quantitative estimate of drug-likeness (QED) is 0.855. The molecule has 1 aromatic rings. The van der Waals surface area contributed by atoms with Crippen molar-refractivity contribution in [1.29, 1.82) is 0 Å². The standard InChI is InChI=1S/C15H21N3O/c19-14(12-3-8-16-9-4-12)18-11-15(5-6-15)13-2-1-7-17-10-13/h1-2,7,10,12,16H,3-6,8-9,11H2,(H,18,19). The molecule has 2 aliphatic rings. The number of amides is 1. The third kappa shape index (κ3) is 2.78. The molecule has 1 saturated heterocycles. The number of hydrogen-bond donors (Lipinski definition) is 2. The predicted octanol–water partition coefficient (Wildman–Crippen LogP) is 1.23. The monoisotopic (exact) mass is 259 g/mol. The molecule has 19 heavy (non-hydrogen) atoms. The van der Waals surface area contributed by atoms with Crippen molar-refractivity contribution in [2.75, 3.05) is 19.6 Å². The number of piperidine rings is 1. The largest absolute Gasteiger partial charge is 0.355 e. The van der Waals surface area contributed by atoms with Crippen LogP contribution in [-0.2, 0) is 10.2 Å². The number of carbonyl (C=O) groups excluding carboxylic acids is 1. The highest BCUT2D eigenvalue weighted by Gasteiger charge is 2.44. The molecule has 0 spiro atoms. The van der Waals surface area contributed by atoms with Gasteiger partial charge < -0.3 is 10.6 Å². The van der Waals surface area contributed by atoms with E-state index in [0.717, 1.165) is 45.3 Å². The highest BCUT2D eigenvalue weighted by Crippen LogP contribution is 2.47. The Morgan fingerprint density at radius 3 is 2.84 bits per heavy atom. The molecule has 2 fully saturated rings. The van der Waals surface area contributed by atoms with Gasteiger partial charge in [-0.1, -0.05) is 6.07 Å². The van der Waals surface area contributed by atoms with Gasteiger partial charge in [0.2, 0.25) is 5.91 Å². The van der Waals surface area contributed by atoms with E-state index >= 15 is 0 Å². The fourth-order valence-electron chi connectivity index (χ4n) is 2.88. The van der Waals surface area contributed by atoms with Crippen LogP contribution in [0.2, 0.25) is 0 Å². The summed E-state index contributed by atoms with van der Waals surface area (Å²) in [6.07, 6.45) is 7.98. The summed E-state index contributed by atoms with van der Waals surface area (Å²) in [5, 5.41) is 6.45. The van der Waals surface area contributed by atoms with Gasteiger partial charge in [0, 0.05) is 30.3 Å². The summed E-state index contributed by atoms with van der Waals surface area (Å²) in [6, 6.07) is 4.10. The predicted molar refractivity (Wildman–Crippen MR) is 73.8 cm³/mol. The summed E-state index contributed by atoms with van der Waals surface area (Å²) in [4.78, 5) is 16.3. The van der Waals surface area contributed by atoms with Crippen LogP contribution in [0, 0.1) is 5.92 Å². The zero-order chi connectivity index (χ0) is 13.1. The molecule has 2 heterocycles. The van der Waals surface area contributed by atoms with Crippen molar-refractivity contribution in [3.8, 4) is 0 Å². The third-order valence-electron chi connectivity index (χ3n) is 4.44. The molecule has 3 rings (SSSR count). The van der Waals surface area contributed by atoms with Crippen LogP contribution in [0.5, 0.6) is 0 Å². The smallest absolute Gasteiger partial charge is 0.223 e. The highest BCUT2D eigenvalue weighted by molar-refractivity contribution is 5.79. The van der Waals surface area contributed by atoms with Crippen LogP contribution in [0.15, 0.2) is 24.5 Å². The molecule has 0 atom stereocenters. The number of hydrogen-bond acceptors (Lipinski definition) is 3. The number of rotatable bonds is 4. The Morgan fingerprint density at radius 2 is 2.21 bits per heavy atom. The molecule has 0 unspecified atom stereocenters. The Balaban J connectivity index is 1.56. The van der Waals surface area contributed by atoms with Crippen molar-refractivity contribution >= 4 is 5.91 Å². The minimum atomic E-state index is 0.164. The molecule has 1 aliphatic heterocycles. The van der Waals surface area contributed by atoms with Gasteiger partial charge in [0.05, 0.1) is 0 Å². The molecule has 1 aromatic heterocycles. The zero-order valence-electron chi connectivity index (χ0n) is 11.2. The summed E-state index contributed by atoms with van der Waals surface area (Å²) in [5.41, 5.74) is 1.43. The maximum atomic E-state index is 12.1.